The van der Waals surface area contributed by atoms with Gasteiger partial charge in [-0.2, -0.15) is 0 Å². The highest BCUT2D eigenvalue weighted by atomic mass is 19.1. The number of methoxy groups -OCH3 is 1. The van der Waals surface area contributed by atoms with Crippen molar-refractivity contribution in [3.8, 4) is 11.5 Å². The molecule has 0 aliphatic heterocycles. The summed E-state index contributed by atoms with van der Waals surface area (Å²) in [6.07, 6.45) is 0.251. The molecule has 1 rings (SSSR count). The van der Waals surface area contributed by atoms with Gasteiger partial charge in [0.15, 0.2) is 0 Å². The lowest BCUT2D eigenvalue weighted by Gasteiger charge is -2.14. The number of alkyl halides is 1. The van der Waals surface area contributed by atoms with Crippen LogP contribution in [0, 0.1) is 0 Å². The van der Waals surface area contributed by atoms with Gasteiger partial charge in [0.1, 0.15) is 11.5 Å². The molecule has 3 nitrogen and oxygen atoms in total. The van der Waals surface area contributed by atoms with Gasteiger partial charge in [-0.3, -0.25) is 4.39 Å². The minimum absolute atomic E-state index is 0.109. The summed E-state index contributed by atoms with van der Waals surface area (Å²) < 4.78 is 17.1. The molecule has 0 saturated carbocycles. The fourth-order valence-corrected chi connectivity index (χ4v) is 1.28. The zero-order valence-electron chi connectivity index (χ0n) is 8.03. The van der Waals surface area contributed by atoms with Gasteiger partial charge in [0.2, 0.25) is 0 Å². The number of ether oxygens (including phenoxy) is 1. The summed E-state index contributed by atoms with van der Waals surface area (Å²) in [4.78, 5) is 0. The van der Waals surface area contributed by atoms with Crippen LogP contribution >= 0.6 is 0 Å². The first-order valence-electron chi connectivity index (χ1n) is 4.37. The summed E-state index contributed by atoms with van der Waals surface area (Å²) in [5.41, 5.74) is 6.44. The summed E-state index contributed by atoms with van der Waals surface area (Å²) in [5, 5.41) is 9.19. The predicted octanol–water partition coefficient (Wildman–Crippen LogP) is 1.76. The molecule has 0 aliphatic carbocycles. The van der Waals surface area contributed by atoms with E-state index >= 15 is 0 Å². The maximum absolute atomic E-state index is 12.1. The number of benzene rings is 1. The Bertz CT molecular complexity index is 304. The van der Waals surface area contributed by atoms with E-state index in [0.717, 1.165) is 0 Å². The zero-order valence-corrected chi connectivity index (χ0v) is 8.03. The van der Waals surface area contributed by atoms with Crippen molar-refractivity contribution in [2.75, 3.05) is 13.8 Å². The molecule has 3 N–H and O–H groups in total. The summed E-state index contributed by atoms with van der Waals surface area (Å²) in [6.45, 7) is -0.467. The van der Waals surface area contributed by atoms with Crippen molar-refractivity contribution in [2.24, 2.45) is 5.73 Å². The number of rotatable bonds is 4. The van der Waals surface area contributed by atoms with Crippen LogP contribution in [-0.4, -0.2) is 18.9 Å². The second kappa shape index (κ2) is 4.81. The smallest absolute Gasteiger partial charge is 0.127 e. The molecular weight excluding hydrogens is 185 g/mol. The third-order valence-electron chi connectivity index (χ3n) is 2.04. The average Bonchev–Trinajstić information content (AvgIpc) is 2.17. The van der Waals surface area contributed by atoms with Crippen LogP contribution in [0.3, 0.4) is 0 Å². The summed E-state index contributed by atoms with van der Waals surface area (Å²) in [5.74, 6) is 0.601. The monoisotopic (exact) mass is 199 g/mol. The Morgan fingerprint density at radius 1 is 1.57 bits per heavy atom. The number of aromatic hydroxyl groups is 1. The molecular formula is C10H14FNO2. The van der Waals surface area contributed by atoms with Crippen LogP contribution < -0.4 is 10.5 Å². The molecule has 4 heteroatoms. The van der Waals surface area contributed by atoms with E-state index in [4.69, 9.17) is 10.5 Å². The fraction of sp³-hybridized carbons (Fsp3) is 0.400. The Balaban J connectivity index is 2.95. The van der Waals surface area contributed by atoms with Gasteiger partial charge in [0.25, 0.3) is 0 Å². The SMILES string of the molecule is COc1cc(O)ccc1[C@H](N)CCF. The number of phenols is 1. The van der Waals surface area contributed by atoms with Gasteiger partial charge in [-0.1, -0.05) is 6.07 Å². The van der Waals surface area contributed by atoms with Crippen LogP contribution in [-0.2, 0) is 0 Å². The molecule has 1 atom stereocenters. The predicted molar refractivity (Wildman–Crippen MR) is 52.2 cm³/mol. The molecule has 0 amide bonds. The van der Waals surface area contributed by atoms with Crippen molar-refractivity contribution in [1.82, 2.24) is 0 Å². The Morgan fingerprint density at radius 2 is 2.29 bits per heavy atom. The standard InChI is InChI=1S/C10H14FNO2/c1-14-10-6-7(13)2-3-8(10)9(12)4-5-11/h2-3,6,9,13H,4-5,12H2,1H3/t9-/m1/s1. The molecule has 0 saturated heterocycles. The molecule has 1 aromatic carbocycles. The molecule has 78 valence electrons. The first-order valence-corrected chi connectivity index (χ1v) is 4.37. The summed E-state index contributed by atoms with van der Waals surface area (Å²) >= 11 is 0. The highest BCUT2D eigenvalue weighted by Gasteiger charge is 2.11. The van der Waals surface area contributed by atoms with Gasteiger partial charge in [0, 0.05) is 17.7 Å². The largest absolute Gasteiger partial charge is 0.508 e. The van der Waals surface area contributed by atoms with Gasteiger partial charge in [0.05, 0.1) is 13.8 Å². The van der Waals surface area contributed by atoms with E-state index in [0.29, 0.717) is 11.3 Å². The lowest BCUT2D eigenvalue weighted by atomic mass is 10.0. The molecule has 0 fully saturated rings. The number of phenolic OH excluding ortho intramolecular Hbond substituents is 1. The average molecular weight is 199 g/mol. The summed E-state index contributed by atoms with van der Waals surface area (Å²) in [7, 11) is 1.49. The van der Waals surface area contributed by atoms with Crippen LogP contribution in [0.4, 0.5) is 4.39 Å². The molecule has 0 heterocycles. The van der Waals surface area contributed by atoms with E-state index < -0.39 is 12.7 Å². The van der Waals surface area contributed by atoms with Crippen molar-refractivity contribution < 1.29 is 14.2 Å². The second-order valence-corrected chi connectivity index (χ2v) is 3.01. The maximum atomic E-state index is 12.1. The van der Waals surface area contributed by atoms with Crippen LogP contribution in [0.1, 0.15) is 18.0 Å². The van der Waals surface area contributed by atoms with Crippen LogP contribution in [0.2, 0.25) is 0 Å². The molecule has 0 aliphatic rings. The number of nitrogens with two attached hydrogens (primary N) is 1. The topological polar surface area (TPSA) is 55.5 Å². The Morgan fingerprint density at radius 3 is 2.86 bits per heavy atom. The Labute approximate surface area is 82.3 Å². The third kappa shape index (κ3) is 2.35. The Kier molecular flexibility index (Phi) is 3.71. The molecule has 0 radical (unpaired) electrons. The number of halogens is 1. The van der Waals surface area contributed by atoms with Crippen molar-refractivity contribution in [3.63, 3.8) is 0 Å². The van der Waals surface area contributed by atoms with E-state index in [9.17, 15) is 9.50 Å². The van der Waals surface area contributed by atoms with Gasteiger partial charge in [-0.25, -0.2) is 0 Å². The van der Waals surface area contributed by atoms with E-state index in [-0.39, 0.29) is 12.2 Å². The second-order valence-electron chi connectivity index (χ2n) is 3.01. The molecule has 0 aromatic heterocycles. The van der Waals surface area contributed by atoms with Crippen molar-refractivity contribution in [2.45, 2.75) is 12.5 Å². The maximum Gasteiger partial charge on any atom is 0.127 e. The minimum Gasteiger partial charge on any atom is -0.508 e. The van der Waals surface area contributed by atoms with Crippen molar-refractivity contribution in [1.29, 1.82) is 0 Å². The van der Waals surface area contributed by atoms with Crippen LogP contribution in [0.5, 0.6) is 11.5 Å². The van der Waals surface area contributed by atoms with Gasteiger partial charge < -0.3 is 15.6 Å². The van der Waals surface area contributed by atoms with Crippen molar-refractivity contribution in [3.05, 3.63) is 23.8 Å². The third-order valence-corrected chi connectivity index (χ3v) is 2.04. The first-order chi connectivity index (χ1) is 6.69. The molecule has 0 unspecified atom stereocenters. The fourth-order valence-electron chi connectivity index (χ4n) is 1.28. The molecule has 0 spiro atoms. The van der Waals surface area contributed by atoms with Crippen LogP contribution in [0.15, 0.2) is 18.2 Å². The lowest BCUT2D eigenvalue weighted by molar-refractivity contribution is 0.390. The number of hydrogen-bond donors (Lipinski definition) is 2. The number of hydrogen-bond acceptors (Lipinski definition) is 3. The zero-order chi connectivity index (χ0) is 10.6. The molecule has 1 aromatic rings. The van der Waals surface area contributed by atoms with Gasteiger partial charge in [-0.05, 0) is 12.5 Å². The Hall–Kier alpha value is -1.29. The quantitative estimate of drug-likeness (QED) is 0.776. The van der Waals surface area contributed by atoms with E-state index in [1.54, 1.807) is 6.07 Å². The van der Waals surface area contributed by atoms with Crippen LogP contribution in [0.25, 0.3) is 0 Å². The van der Waals surface area contributed by atoms with E-state index in [2.05, 4.69) is 0 Å². The van der Waals surface area contributed by atoms with Crippen molar-refractivity contribution >= 4 is 0 Å². The van der Waals surface area contributed by atoms with E-state index in [1.807, 2.05) is 0 Å². The summed E-state index contributed by atoms with van der Waals surface area (Å²) in [6, 6.07) is 4.23. The highest BCUT2D eigenvalue weighted by Crippen LogP contribution is 2.29. The molecule has 0 bridgehead atoms. The normalized spacial score (nSPS) is 12.5. The van der Waals surface area contributed by atoms with E-state index in [1.165, 1.54) is 19.2 Å². The van der Waals surface area contributed by atoms with Gasteiger partial charge >= 0.3 is 0 Å². The minimum atomic E-state index is -0.467. The molecule has 14 heavy (non-hydrogen) atoms. The van der Waals surface area contributed by atoms with Gasteiger partial charge in [-0.15, -0.1) is 0 Å². The lowest BCUT2D eigenvalue weighted by Crippen LogP contribution is -2.12. The first kappa shape index (κ1) is 10.8. The highest BCUT2D eigenvalue weighted by molar-refractivity contribution is 5.41.